The summed E-state index contributed by atoms with van der Waals surface area (Å²) < 4.78 is 49.1. The summed E-state index contributed by atoms with van der Waals surface area (Å²) in [6.45, 7) is 0. The monoisotopic (exact) mass is 321 g/mol. The van der Waals surface area contributed by atoms with Gasteiger partial charge in [0.15, 0.2) is 0 Å². The minimum atomic E-state index is -1.39. The van der Waals surface area contributed by atoms with Crippen molar-refractivity contribution in [2.24, 2.45) is 0 Å². The summed E-state index contributed by atoms with van der Waals surface area (Å²) in [6, 6.07) is 3.31. The lowest BCUT2D eigenvalue weighted by Gasteiger charge is -1.95. The molecular formula is C13H11F4NO4. The average Bonchev–Trinajstić information content (AvgIpc) is 2.24. The van der Waals surface area contributed by atoms with E-state index >= 15 is 0 Å². The molecule has 2 aromatic carbocycles. The van der Waals surface area contributed by atoms with Gasteiger partial charge in [0.1, 0.15) is 23.1 Å². The van der Waals surface area contributed by atoms with Crippen LogP contribution in [-0.2, 0) is 0 Å². The second-order valence-electron chi connectivity index (χ2n) is 3.64. The molecule has 0 heterocycles. The van der Waals surface area contributed by atoms with Crippen molar-refractivity contribution in [1.82, 2.24) is 0 Å². The highest BCUT2D eigenvalue weighted by molar-refractivity contribution is 5.39. The molecule has 0 unspecified atom stereocenters. The van der Waals surface area contributed by atoms with Crippen molar-refractivity contribution >= 4 is 5.69 Å². The molecule has 0 bridgehead atoms. The van der Waals surface area contributed by atoms with Crippen LogP contribution < -0.4 is 0 Å². The van der Waals surface area contributed by atoms with Crippen LogP contribution in [0.15, 0.2) is 30.3 Å². The third-order valence-electron chi connectivity index (χ3n) is 2.03. The van der Waals surface area contributed by atoms with Gasteiger partial charge in [-0.1, -0.05) is 7.43 Å². The highest BCUT2D eigenvalue weighted by Gasteiger charge is 2.21. The summed E-state index contributed by atoms with van der Waals surface area (Å²) in [5.74, 6) is -5.40. The Balaban J connectivity index is 0.000000397. The van der Waals surface area contributed by atoms with Crippen molar-refractivity contribution in [2.75, 3.05) is 0 Å². The van der Waals surface area contributed by atoms with Crippen molar-refractivity contribution < 1.29 is 32.7 Å². The minimum Gasteiger partial charge on any atom is -0.508 e. The molecule has 0 radical (unpaired) electrons. The van der Waals surface area contributed by atoms with Gasteiger partial charge in [0.2, 0.25) is 11.6 Å². The summed E-state index contributed by atoms with van der Waals surface area (Å²) in [5, 5.41) is 27.1. The number of nitro groups is 1. The fourth-order valence-electron chi connectivity index (χ4n) is 1.27. The number of aromatic hydroxyl groups is 2. The van der Waals surface area contributed by atoms with Crippen molar-refractivity contribution in [2.45, 2.75) is 7.43 Å². The van der Waals surface area contributed by atoms with Gasteiger partial charge in [0, 0.05) is 30.3 Å². The van der Waals surface area contributed by atoms with E-state index in [1.54, 1.807) is 0 Å². The van der Waals surface area contributed by atoms with Gasteiger partial charge in [-0.25, -0.2) is 8.78 Å². The molecule has 0 saturated carbocycles. The predicted octanol–water partition coefficient (Wildman–Crippen LogP) is 3.89. The number of phenols is 2. The zero-order chi connectivity index (χ0) is 16.2. The van der Waals surface area contributed by atoms with E-state index in [1.165, 1.54) is 0 Å². The van der Waals surface area contributed by atoms with Gasteiger partial charge in [0.25, 0.3) is 0 Å². The normalized spacial score (nSPS) is 9.27. The van der Waals surface area contributed by atoms with Gasteiger partial charge in [-0.15, -0.1) is 0 Å². The van der Waals surface area contributed by atoms with Gasteiger partial charge in [-0.3, -0.25) is 10.1 Å². The second-order valence-corrected chi connectivity index (χ2v) is 3.64. The first-order valence-corrected chi connectivity index (χ1v) is 5.18. The maximum atomic E-state index is 12.5. The fourth-order valence-corrected chi connectivity index (χ4v) is 1.27. The first-order valence-electron chi connectivity index (χ1n) is 5.18. The maximum absolute atomic E-state index is 12.5. The van der Waals surface area contributed by atoms with Crippen LogP contribution in [0, 0.1) is 33.4 Å². The molecule has 0 fully saturated rings. The number of nitro benzene ring substituents is 1. The van der Waals surface area contributed by atoms with Crippen LogP contribution in [-0.4, -0.2) is 15.1 Å². The molecule has 0 aliphatic heterocycles. The zero-order valence-corrected chi connectivity index (χ0v) is 10.1. The number of halogens is 4. The van der Waals surface area contributed by atoms with Gasteiger partial charge in [0.05, 0.1) is 4.92 Å². The van der Waals surface area contributed by atoms with Gasteiger partial charge < -0.3 is 10.2 Å². The van der Waals surface area contributed by atoms with Crippen molar-refractivity contribution in [3.8, 4) is 11.5 Å². The number of hydrogen-bond donors (Lipinski definition) is 2. The largest absolute Gasteiger partial charge is 0.508 e. The lowest BCUT2D eigenvalue weighted by molar-refractivity contribution is -0.390. The van der Waals surface area contributed by atoms with E-state index in [2.05, 4.69) is 0 Å². The Hall–Kier alpha value is -2.84. The lowest BCUT2D eigenvalue weighted by atomic mass is 10.3. The van der Waals surface area contributed by atoms with Crippen LogP contribution in [0.5, 0.6) is 11.5 Å². The van der Waals surface area contributed by atoms with Crippen LogP contribution >= 0.6 is 0 Å². The number of benzene rings is 2. The molecule has 0 spiro atoms. The molecule has 0 aliphatic rings. The van der Waals surface area contributed by atoms with E-state index in [0.29, 0.717) is 18.2 Å². The molecule has 0 amide bonds. The fraction of sp³-hybridized carbons (Fsp3) is 0.0769. The van der Waals surface area contributed by atoms with E-state index in [9.17, 15) is 27.7 Å². The Labute approximate surface area is 122 Å². The van der Waals surface area contributed by atoms with E-state index in [0.717, 1.165) is 12.1 Å². The summed E-state index contributed by atoms with van der Waals surface area (Å²) in [4.78, 5) is 8.81. The highest BCUT2D eigenvalue weighted by Crippen LogP contribution is 2.25. The molecule has 2 rings (SSSR count). The summed E-state index contributed by atoms with van der Waals surface area (Å²) >= 11 is 0. The second kappa shape index (κ2) is 7.81. The molecule has 2 N–H and O–H groups in total. The molecule has 0 atom stereocenters. The number of rotatable bonds is 1. The Bertz CT molecular complexity index is 606. The topological polar surface area (TPSA) is 83.6 Å². The van der Waals surface area contributed by atoms with Gasteiger partial charge in [-0.05, 0) is 0 Å². The molecule has 2 aromatic rings. The number of nitrogens with zero attached hydrogens (tertiary/aromatic N) is 1. The molecule has 0 aromatic heterocycles. The molecule has 0 saturated heterocycles. The third kappa shape index (κ3) is 5.27. The Morgan fingerprint density at radius 3 is 1.50 bits per heavy atom. The van der Waals surface area contributed by atoms with Crippen LogP contribution in [0.3, 0.4) is 0 Å². The SMILES string of the molecule is C.O=[N+]([O-])c1c(F)cc(O)cc1F.Oc1cc(F)cc(F)c1. The van der Waals surface area contributed by atoms with Crippen LogP contribution in [0.4, 0.5) is 23.2 Å². The van der Waals surface area contributed by atoms with E-state index in [1.807, 2.05) is 0 Å². The maximum Gasteiger partial charge on any atom is 0.340 e. The van der Waals surface area contributed by atoms with Crippen LogP contribution in [0.2, 0.25) is 0 Å². The lowest BCUT2D eigenvalue weighted by Crippen LogP contribution is -1.95. The quantitative estimate of drug-likeness (QED) is 0.474. The molecule has 22 heavy (non-hydrogen) atoms. The Kier molecular flexibility index (Phi) is 6.81. The number of phenolic OH excluding ortho intramolecular Hbond substituents is 2. The van der Waals surface area contributed by atoms with E-state index in [-0.39, 0.29) is 7.43 Å². The summed E-state index contributed by atoms with van der Waals surface area (Å²) in [6.07, 6.45) is 0. The smallest absolute Gasteiger partial charge is 0.340 e. The van der Waals surface area contributed by atoms with E-state index < -0.39 is 45.4 Å². The first-order chi connectivity index (χ1) is 9.70. The van der Waals surface area contributed by atoms with Crippen LogP contribution in [0.25, 0.3) is 0 Å². The zero-order valence-electron chi connectivity index (χ0n) is 10.1. The summed E-state index contributed by atoms with van der Waals surface area (Å²) in [7, 11) is 0. The Morgan fingerprint density at radius 1 is 0.818 bits per heavy atom. The van der Waals surface area contributed by atoms with Crippen LogP contribution in [0.1, 0.15) is 7.43 Å². The molecule has 120 valence electrons. The highest BCUT2D eigenvalue weighted by atomic mass is 19.1. The molecule has 9 heteroatoms. The van der Waals surface area contributed by atoms with E-state index in [4.69, 9.17) is 10.2 Å². The standard InChI is InChI=1S/C6H3F2NO3.C6H4F2O.CH4/c7-4-1-3(10)2-5(8)6(4)9(11)12;7-4-1-5(8)3-6(9)2-4;/h1-2,10H;1-3,9H;1H4. The molecule has 5 nitrogen and oxygen atoms in total. The molecular weight excluding hydrogens is 310 g/mol. The third-order valence-corrected chi connectivity index (χ3v) is 2.03. The van der Waals surface area contributed by atoms with Gasteiger partial charge in [-0.2, -0.15) is 8.78 Å². The minimum absolute atomic E-state index is 0. The van der Waals surface area contributed by atoms with Crippen molar-refractivity contribution in [3.63, 3.8) is 0 Å². The molecule has 0 aliphatic carbocycles. The summed E-state index contributed by atoms with van der Waals surface area (Å²) in [5.41, 5.74) is -1.26. The van der Waals surface area contributed by atoms with Gasteiger partial charge >= 0.3 is 5.69 Å². The number of hydrogen-bond acceptors (Lipinski definition) is 4. The Morgan fingerprint density at radius 2 is 1.18 bits per heavy atom. The predicted molar refractivity (Wildman–Crippen MR) is 69.4 cm³/mol. The average molecular weight is 321 g/mol. The van der Waals surface area contributed by atoms with Crippen molar-refractivity contribution in [1.29, 1.82) is 0 Å². The van der Waals surface area contributed by atoms with Crippen molar-refractivity contribution in [3.05, 3.63) is 63.7 Å². The first kappa shape index (κ1) is 19.2.